The number of likely N-dealkylation sites (tertiary alicyclic amines) is 1. The number of hydrogen-bond donors (Lipinski definition) is 1. The second kappa shape index (κ2) is 11.8. The molecule has 6 rings (SSSR count). The van der Waals surface area contributed by atoms with Gasteiger partial charge >= 0.3 is 6.01 Å². The lowest BCUT2D eigenvalue weighted by atomic mass is 9.67. The van der Waals surface area contributed by atoms with E-state index in [9.17, 15) is 19.2 Å². The molecular formula is C33H40FN7O3. The van der Waals surface area contributed by atoms with E-state index in [0.717, 1.165) is 28.2 Å². The molecule has 0 saturated carbocycles. The Morgan fingerprint density at radius 3 is 2.82 bits per heavy atom. The van der Waals surface area contributed by atoms with Gasteiger partial charge in [0.05, 0.1) is 29.8 Å². The van der Waals surface area contributed by atoms with Crippen LogP contribution in [0.3, 0.4) is 0 Å². The number of hydrogen-bond acceptors (Lipinski definition) is 8. The molecule has 10 nitrogen and oxygen atoms in total. The summed E-state index contributed by atoms with van der Waals surface area (Å²) >= 11 is 0. The molecule has 0 radical (unpaired) electrons. The number of nitrogens with zero attached hydrogens (tertiary/aromatic N) is 6. The highest BCUT2D eigenvalue weighted by Crippen LogP contribution is 2.42. The predicted octanol–water partition coefficient (Wildman–Crippen LogP) is 2.78. The first kappa shape index (κ1) is 30.0. The molecule has 232 valence electrons. The Balaban J connectivity index is 1.35. The number of aromatic nitrogens is 2. The summed E-state index contributed by atoms with van der Waals surface area (Å²) in [5, 5.41) is 12.9. The monoisotopic (exact) mass is 601 g/mol. The Labute approximate surface area is 257 Å². The summed E-state index contributed by atoms with van der Waals surface area (Å²) in [5.74, 6) is 0.570. The van der Waals surface area contributed by atoms with Gasteiger partial charge in [-0.2, -0.15) is 15.2 Å². The smallest absolute Gasteiger partial charge is 0.318 e. The molecule has 1 aliphatic carbocycles. The third-order valence-electron chi connectivity index (χ3n) is 9.97. The summed E-state index contributed by atoms with van der Waals surface area (Å²) in [6.07, 6.45) is 2.85. The van der Waals surface area contributed by atoms with Crippen molar-refractivity contribution in [1.82, 2.24) is 25.1 Å². The van der Waals surface area contributed by atoms with Crippen LogP contribution in [0, 0.1) is 24.2 Å². The molecule has 5 unspecified atom stereocenters. The molecule has 5 atom stereocenters. The molecule has 3 aliphatic heterocycles. The van der Waals surface area contributed by atoms with E-state index in [-0.39, 0.29) is 48.9 Å². The molecule has 2 fully saturated rings. The van der Waals surface area contributed by atoms with Crippen LogP contribution in [-0.4, -0.2) is 95.2 Å². The highest BCUT2D eigenvalue weighted by Gasteiger charge is 2.47. The van der Waals surface area contributed by atoms with Crippen molar-refractivity contribution in [2.75, 3.05) is 44.7 Å². The van der Waals surface area contributed by atoms with Gasteiger partial charge in [0.15, 0.2) is 0 Å². The summed E-state index contributed by atoms with van der Waals surface area (Å²) in [6.45, 7) is 9.88. The van der Waals surface area contributed by atoms with E-state index in [0.29, 0.717) is 57.4 Å². The topological polar surface area (TPSA) is 115 Å². The molecule has 2 amide bonds. The van der Waals surface area contributed by atoms with Gasteiger partial charge in [-0.1, -0.05) is 31.2 Å². The Hall–Kier alpha value is -4.04. The van der Waals surface area contributed by atoms with Gasteiger partial charge in [-0.25, -0.2) is 4.39 Å². The average molecular weight is 602 g/mol. The quantitative estimate of drug-likeness (QED) is 0.503. The number of nitriles is 1. The first-order valence-corrected chi connectivity index (χ1v) is 15.4. The lowest BCUT2D eigenvalue weighted by Gasteiger charge is -2.47. The van der Waals surface area contributed by atoms with Crippen LogP contribution in [0.5, 0.6) is 6.01 Å². The first-order valence-electron chi connectivity index (χ1n) is 15.4. The van der Waals surface area contributed by atoms with E-state index < -0.39 is 11.7 Å². The van der Waals surface area contributed by atoms with Gasteiger partial charge in [-0.3, -0.25) is 14.5 Å². The summed E-state index contributed by atoms with van der Waals surface area (Å²) in [7, 11) is 1.89. The standard InChI is InChI=1S/C33H40FN7O3/c1-5-29(42)41-11-10-40(18-24(41)8-9-35)30-27-13-21(3)33(15-22-12-20(2)6-7-26(22)31(43)38-33)16-28(27)36-32(37-30)44-19-25-14-23(34)17-39(25)4/h5-7,12,21,23-25H,1,8,10-11,13-19H2,2-4H3,(H,38,43). The van der Waals surface area contributed by atoms with Crippen molar-refractivity contribution in [3.8, 4) is 12.1 Å². The average Bonchev–Trinajstić information content (AvgIpc) is 3.32. The van der Waals surface area contributed by atoms with Gasteiger partial charge in [-0.15, -0.1) is 0 Å². The highest BCUT2D eigenvalue weighted by molar-refractivity contribution is 5.97. The van der Waals surface area contributed by atoms with Crippen molar-refractivity contribution in [2.45, 2.75) is 69.7 Å². The number of likely N-dealkylation sites (N-methyl/N-ethyl adjacent to an activating group) is 1. The molecule has 2 saturated heterocycles. The van der Waals surface area contributed by atoms with Gasteiger partial charge in [0.25, 0.3) is 5.91 Å². The van der Waals surface area contributed by atoms with Crippen LogP contribution in [0.2, 0.25) is 0 Å². The third kappa shape index (κ3) is 5.52. The van der Waals surface area contributed by atoms with Gasteiger partial charge in [-0.05, 0) is 56.9 Å². The minimum absolute atomic E-state index is 0.0697. The van der Waals surface area contributed by atoms with Crippen molar-refractivity contribution in [3.05, 3.63) is 58.8 Å². The van der Waals surface area contributed by atoms with Crippen LogP contribution in [0.1, 0.15) is 52.5 Å². The Morgan fingerprint density at radius 1 is 1.27 bits per heavy atom. The lowest BCUT2D eigenvalue weighted by Crippen LogP contribution is -2.61. The van der Waals surface area contributed by atoms with Crippen LogP contribution in [-0.2, 0) is 24.1 Å². The maximum Gasteiger partial charge on any atom is 0.318 e. The second-order valence-electron chi connectivity index (χ2n) is 12.9. The number of rotatable bonds is 6. The number of carbonyl (C=O) groups is 2. The Bertz CT molecular complexity index is 1530. The number of benzene rings is 1. The number of piperazine rings is 1. The fourth-order valence-corrected chi connectivity index (χ4v) is 7.44. The van der Waals surface area contributed by atoms with Gasteiger partial charge in [0, 0.05) is 49.8 Å². The first-order chi connectivity index (χ1) is 21.1. The van der Waals surface area contributed by atoms with E-state index in [1.54, 1.807) is 4.90 Å². The Morgan fingerprint density at radius 2 is 2.09 bits per heavy atom. The minimum atomic E-state index is -0.886. The zero-order valence-electron chi connectivity index (χ0n) is 25.7. The number of fused-ring (bicyclic) bond motifs is 2. The van der Waals surface area contributed by atoms with Crippen molar-refractivity contribution >= 4 is 17.6 Å². The van der Waals surface area contributed by atoms with Crippen LogP contribution < -0.4 is 15.0 Å². The van der Waals surface area contributed by atoms with Crippen LogP contribution in [0.15, 0.2) is 30.9 Å². The summed E-state index contributed by atoms with van der Waals surface area (Å²) < 4.78 is 20.2. The molecule has 0 bridgehead atoms. The number of nitrogens with one attached hydrogen (secondary N) is 1. The Kier molecular flexibility index (Phi) is 8.05. The molecule has 44 heavy (non-hydrogen) atoms. The molecule has 4 aliphatic rings. The maximum absolute atomic E-state index is 14.1. The number of aryl methyl sites for hydroxylation is 1. The zero-order valence-corrected chi connectivity index (χ0v) is 25.7. The third-order valence-corrected chi connectivity index (χ3v) is 9.97. The number of amides is 2. The maximum atomic E-state index is 14.1. The van der Waals surface area contributed by atoms with Gasteiger partial charge in [0.2, 0.25) is 5.91 Å². The zero-order chi connectivity index (χ0) is 31.2. The fraction of sp³-hybridized carbons (Fsp3) is 0.545. The molecule has 1 N–H and O–H groups in total. The van der Waals surface area contributed by atoms with Crippen LogP contribution in [0.4, 0.5) is 10.2 Å². The summed E-state index contributed by atoms with van der Waals surface area (Å²) in [4.78, 5) is 41.5. The molecular weight excluding hydrogens is 561 g/mol. The SMILES string of the molecule is C=CC(=O)N1CCN(c2nc(OCC3CC(F)CN3C)nc3c2CC(C)C2(Cc4cc(C)ccc4C(=O)N2)C3)CC1CC#N. The number of ether oxygens (including phenoxy) is 1. The van der Waals surface area contributed by atoms with E-state index in [4.69, 9.17) is 14.7 Å². The van der Waals surface area contributed by atoms with Gasteiger partial charge < -0.3 is 19.9 Å². The van der Waals surface area contributed by atoms with Crippen LogP contribution in [0.25, 0.3) is 0 Å². The summed E-state index contributed by atoms with van der Waals surface area (Å²) in [6, 6.07) is 8.03. The fourth-order valence-electron chi connectivity index (χ4n) is 7.44. The number of alkyl halides is 1. The van der Waals surface area contributed by atoms with E-state index in [2.05, 4.69) is 35.9 Å². The molecule has 4 heterocycles. The second-order valence-corrected chi connectivity index (χ2v) is 12.9. The molecule has 11 heteroatoms. The largest absolute Gasteiger partial charge is 0.462 e. The normalized spacial score (nSPS) is 28.2. The number of anilines is 1. The predicted molar refractivity (Wildman–Crippen MR) is 163 cm³/mol. The van der Waals surface area contributed by atoms with E-state index in [1.807, 2.05) is 31.0 Å². The lowest BCUT2D eigenvalue weighted by molar-refractivity contribution is -0.128. The molecule has 1 aromatic heterocycles. The van der Waals surface area contributed by atoms with E-state index >= 15 is 0 Å². The molecule has 1 aromatic carbocycles. The minimum Gasteiger partial charge on any atom is -0.462 e. The molecule has 2 aromatic rings. The van der Waals surface area contributed by atoms with Crippen molar-refractivity contribution in [2.24, 2.45) is 5.92 Å². The van der Waals surface area contributed by atoms with Crippen molar-refractivity contribution < 1.29 is 18.7 Å². The van der Waals surface area contributed by atoms with Gasteiger partial charge in [0.1, 0.15) is 18.6 Å². The van der Waals surface area contributed by atoms with Crippen molar-refractivity contribution in [3.63, 3.8) is 0 Å². The number of carbonyl (C=O) groups excluding carboxylic acids is 2. The highest BCUT2D eigenvalue weighted by atomic mass is 19.1. The van der Waals surface area contributed by atoms with Crippen molar-refractivity contribution in [1.29, 1.82) is 5.26 Å². The van der Waals surface area contributed by atoms with Crippen LogP contribution >= 0.6 is 0 Å². The molecule has 1 spiro atoms. The van der Waals surface area contributed by atoms with E-state index in [1.165, 1.54) is 6.08 Å². The summed E-state index contributed by atoms with van der Waals surface area (Å²) in [5.41, 5.74) is 4.19. The number of halogens is 1.